The predicted molar refractivity (Wildman–Crippen MR) is 87.3 cm³/mol. The molecule has 0 aromatic heterocycles. The summed E-state index contributed by atoms with van der Waals surface area (Å²) < 4.78 is 43.5. The molecule has 0 bridgehead atoms. The molecule has 1 aliphatic heterocycles. The molecule has 1 aromatic rings. The molecule has 1 aliphatic rings. The summed E-state index contributed by atoms with van der Waals surface area (Å²) in [5.41, 5.74) is 8.69. The molecule has 0 aliphatic carbocycles. The Bertz CT molecular complexity index is 844. The second-order valence-corrected chi connectivity index (χ2v) is 5.39. The summed E-state index contributed by atoms with van der Waals surface area (Å²) in [5, 5.41) is 2.14. The highest BCUT2D eigenvalue weighted by Gasteiger charge is 2.32. The number of hydrogen-bond acceptors (Lipinski definition) is 5. The number of nitrogens with two attached hydrogens (primary N) is 2. The predicted octanol–water partition coefficient (Wildman–Crippen LogP) is 0.255. The van der Waals surface area contributed by atoms with E-state index in [4.69, 9.17) is 11.5 Å². The van der Waals surface area contributed by atoms with Crippen molar-refractivity contribution in [1.29, 1.82) is 0 Å². The Labute approximate surface area is 150 Å². The Hall–Kier alpha value is -3.44. The van der Waals surface area contributed by atoms with Crippen molar-refractivity contribution < 1.29 is 32.3 Å². The standard InChI is InChI=1S/C15H14F3N5O4/c16-15(17,18)8-1-7(2-9(3-8)23-14(19)20)13(26)21-5-11(24)22-10-4-12(25)27-6-10/h1-3H,4-6H2,(H,21,26)(H4,19,20,23). The zero-order chi connectivity index (χ0) is 20.2. The van der Waals surface area contributed by atoms with Gasteiger partial charge >= 0.3 is 12.1 Å². The molecule has 1 saturated heterocycles. The minimum Gasteiger partial charge on any atom is -0.459 e. The van der Waals surface area contributed by atoms with Gasteiger partial charge in [-0.05, 0) is 18.2 Å². The van der Waals surface area contributed by atoms with Crippen molar-refractivity contribution in [2.24, 2.45) is 21.5 Å². The summed E-state index contributed by atoms with van der Waals surface area (Å²) in [6.45, 7) is -0.696. The number of halogens is 3. The lowest BCUT2D eigenvalue weighted by Gasteiger charge is -2.10. The largest absolute Gasteiger partial charge is 0.459 e. The van der Waals surface area contributed by atoms with E-state index in [0.29, 0.717) is 12.1 Å². The van der Waals surface area contributed by atoms with Crippen LogP contribution in [-0.4, -0.2) is 42.6 Å². The Kier molecular flexibility index (Phi) is 5.78. The fourth-order valence-corrected chi connectivity index (χ4v) is 2.10. The number of nitrogens with one attached hydrogen (secondary N) is 1. The van der Waals surface area contributed by atoms with E-state index in [-0.39, 0.29) is 24.4 Å². The molecule has 144 valence electrons. The molecule has 0 radical (unpaired) electrons. The van der Waals surface area contributed by atoms with Gasteiger partial charge in [0.05, 0.1) is 29.9 Å². The van der Waals surface area contributed by atoms with Gasteiger partial charge in [0, 0.05) is 5.56 Å². The monoisotopic (exact) mass is 385 g/mol. The normalized spacial score (nSPS) is 15.4. The quantitative estimate of drug-likeness (QED) is 0.384. The Morgan fingerprint density at radius 3 is 2.48 bits per heavy atom. The maximum atomic E-state index is 13.0. The smallest absolute Gasteiger partial charge is 0.416 e. The lowest BCUT2D eigenvalue weighted by atomic mass is 10.1. The third-order valence-electron chi connectivity index (χ3n) is 3.20. The molecule has 0 unspecified atom stereocenters. The Morgan fingerprint density at radius 1 is 1.22 bits per heavy atom. The number of alkyl halides is 3. The average molecular weight is 385 g/mol. The average Bonchev–Trinajstić information content (AvgIpc) is 2.95. The number of nitrogens with zero attached hydrogens (tertiary/aromatic N) is 2. The van der Waals surface area contributed by atoms with Crippen molar-refractivity contribution >= 4 is 35.1 Å². The Morgan fingerprint density at radius 2 is 1.93 bits per heavy atom. The molecule has 27 heavy (non-hydrogen) atoms. The van der Waals surface area contributed by atoms with E-state index in [0.717, 1.165) is 6.07 Å². The van der Waals surface area contributed by atoms with Gasteiger partial charge in [-0.1, -0.05) is 0 Å². The second kappa shape index (κ2) is 7.85. The van der Waals surface area contributed by atoms with Crippen LogP contribution >= 0.6 is 0 Å². The highest BCUT2D eigenvalue weighted by Crippen LogP contribution is 2.32. The van der Waals surface area contributed by atoms with Crippen LogP contribution in [0.25, 0.3) is 0 Å². The molecular formula is C15H14F3N5O4. The maximum Gasteiger partial charge on any atom is 0.416 e. The topological polar surface area (TPSA) is 149 Å². The number of aliphatic imine (C=N–C) groups is 2. The van der Waals surface area contributed by atoms with Gasteiger partial charge in [-0.2, -0.15) is 13.2 Å². The number of carbonyl (C=O) groups is 3. The van der Waals surface area contributed by atoms with Crippen LogP contribution in [0.5, 0.6) is 0 Å². The summed E-state index contributed by atoms with van der Waals surface area (Å²) in [6, 6.07) is 2.30. The second-order valence-electron chi connectivity index (χ2n) is 5.39. The summed E-state index contributed by atoms with van der Waals surface area (Å²) >= 11 is 0. The van der Waals surface area contributed by atoms with Crippen LogP contribution in [0.2, 0.25) is 0 Å². The van der Waals surface area contributed by atoms with E-state index in [9.17, 15) is 27.6 Å². The first-order valence-corrected chi connectivity index (χ1v) is 7.39. The molecule has 0 atom stereocenters. The third kappa shape index (κ3) is 5.80. The highest BCUT2D eigenvalue weighted by molar-refractivity contribution is 6.09. The van der Waals surface area contributed by atoms with Crippen LogP contribution in [0.3, 0.4) is 0 Å². The van der Waals surface area contributed by atoms with Gasteiger partial charge < -0.3 is 21.5 Å². The van der Waals surface area contributed by atoms with Crippen LogP contribution in [0.15, 0.2) is 28.2 Å². The molecule has 2 rings (SSSR count). The molecule has 1 aromatic carbocycles. The number of rotatable bonds is 4. The van der Waals surface area contributed by atoms with E-state index >= 15 is 0 Å². The van der Waals surface area contributed by atoms with E-state index < -0.39 is 47.6 Å². The summed E-state index contributed by atoms with van der Waals surface area (Å²) in [7, 11) is 0. The number of carbonyl (C=O) groups excluding carboxylic acids is 3. The van der Waals surface area contributed by atoms with Gasteiger partial charge in [0.25, 0.3) is 11.8 Å². The van der Waals surface area contributed by atoms with E-state index in [2.05, 4.69) is 20.0 Å². The minimum atomic E-state index is -4.74. The summed E-state index contributed by atoms with van der Waals surface area (Å²) in [5.74, 6) is -2.75. The van der Waals surface area contributed by atoms with Crippen molar-refractivity contribution in [3.05, 3.63) is 29.3 Å². The first-order valence-electron chi connectivity index (χ1n) is 7.39. The number of esters is 1. The van der Waals surface area contributed by atoms with Crippen molar-refractivity contribution in [3.63, 3.8) is 0 Å². The summed E-state index contributed by atoms with van der Waals surface area (Å²) in [4.78, 5) is 41.8. The van der Waals surface area contributed by atoms with Crippen LogP contribution in [-0.2, 0) is 20.5 Å². The van der Waals surface area contributed by atoms with E-state index in [1.54, 1.807) is 0 Å². The lowest BCUT2D eigenvalue weighted by molar-refractivity contribution is -0.138. The number of hydrogen-bond donors (Lipinski definition) is 3. The maximum absolute atomic E-state index is 13.0. The molecule has 0 saturated carbocycles. The first kappa shape index (κ1) is 19.9. The minimum absolute atomic E-state index is 0.117. The van der Waals surface area contributed by atoms with Gasteiger partial charge in [-0.15, -0.1) is 0 Å². The van der Waals surface area contributed by atoms with Crippen LogP contribution in [0, 0.1) is 0 Å². The van der Waals surface area contributed by atoms with Gasteiger partial charge in [0.1, 0.15) is 6.61 Å². The van der Waals surface area contributed by atoms with Crippen LogP contribution < -0.4 is 16.8 Å². The number of guanidine groups is 1. The molecule has 1 heterocycles. The van der Waals surface area contributed by atoms with Gasteiger partial charge in [-0.25, -0.2) is 9.98 Å². The number of benzene rings is 1. The molecule has 9 nitrogen and oxygen atoms in total. The van der Waals surface area contributed by atoms with Crippen molar-refractivity contribution in [1.82, 2.24) is 5.32 Å². The zero-order valence-corrected chi connectivity index (χ0v) is 13.7. The van der Waals surface area contributed by atoms with Crippen LogP contribution in [0.4, 0.5) is 18.9 Å². The fourth-order valence-electron chi connectivity index (χ4n) is 2.10. The van der Waals surface area contributed by atoms with Gasteiger partial charge in [0.15, 0.2) is 5.96 Å². The van der Waals surface area contributed by atoms with Crippen molar-refractivity contribution in [3.8, 4) is 0 Å². The van der Waals surface area contributed by atoms with E-state index in [1.807, 2.05) is 0 Å². The fraction of sp³-hybridized carbons (Fsp3) is 0.267. The molecule has 5 N–H and O–H groups in total. The molecule has 1 fully saturated rings. The number of cyclic esters (lactones) is 1. The number of ether oxygens (including phenoxy) is 1. The molecule has 12 heteroatoms. The molecule has 0 spiro atoms. The lowest BCUT2D eigenvalue weighted by Crippen LogP contribution is -2.29. The van der Waals surface area contributed by atoms with Gasteiger partial charge in [0.2, 0.25) is 0 Å². The number of amides is 2. The first-order chi connectivity index (χ1) is 12.5. The van der Waals surface area contributed by atoms with Crippen LogP contribution in [0.1, 0.15) is 22.3 Å². The Balaban J connectivity index is 2.14. The molecule has 2 amide bonds. The van der Waals surface area contributed by atoms with Crippen molar-refractivity contribution in [2.75, 3.05) is 13.2 Å². The van der Waals surface area contributed by atoms with E-state index in [1.165, 1.54) is 0 Å². The van der Waals surface area contributed by atoms with Crippen molar-refractivity contribution in [2.45, 2.75) is 12.6 Å². The third-order valence-corrected chi connectivity index (χ3v) is 3.20. The SMILES string of the molecule is NC(N)=Nc1cc(C(=O)NCC(=O)N=C2COC(=O)C2)cc(C(F)(F)F)c1. The highest BCUT2D eigenvalue weighted by atomic mass is 19.4. The zero-order valence-electron chi connectivity index (χ0n) is 13.7. The van der Waals surface area contributed by atoms with Gasteiger partial charge in [-0.3, -0.25) is 14.4 Å². The molecular weight excluding hydrogens is 371 g/mol. The summed E-state index contributed by atoms with van der Waals surface area (Å²) in [6.07, 6.45) is -4.87.